The Morgan fingerprint density at radius 2 is 1.82 bits per heavy atom. The molecular formula is C20H12Cl2N4OS. The lowest BCUT2D eigenvalue weighted by atomic mass is 10.1. The van der Waals surface area contributed by atoms with Crippen LogP contribution in [0.3, 0.4) is 0 Å². The minimum Gasteiger partial charge on any atom is -0.320 e. The number of pyridine rings is 1. The van der Waals surface area contributed by atoms with Crippen LogP contribution in [0, 0.1) is 0 Å². The summed E-state index contributed by atoms with van der Waals surface area (Å²) in [6, 6.07) is 16.5. The van der Waals surface area contributed by atoms with Gasteiger partial charge < -0.3 is 5.32 Å². The summed E-state index contributed by atoms with van der Waals surface area (Å²) in [6.07, 6.45) is 3.54. The highest BCUT2D eigenvalue weighted by Gasteiger charge is 2.15. The van der Waals surface area contributed by atoms with Gasteiger partial charge in [0.05, 0.1) is 10.5 Å². The molecule has 138 valence electrons. The summed E-state index contributed by atoms with van der Waals surface area (Å²) in [5, 5.41) is 13.4. The summed E-state index contributed by atoms with van der Waals surface area (Å²) in [7, 11) is 0. The van der Waals surface area contributed by atoms with Crippen molar-refractivity contribution in [3.63, 3.8) is 0 Å². The molecule has 2 aromatic heterocycles. The molecule has 4 aromatic rings. The molecule has 8 heteroatoms. The van der Waals surface area contributed by atoms with Crippen LogP contribution in [0.2, 0.25) is 5.02 Å². The van der Waals surface area contributed by atoms with Gasteiger partial charge in [-0.2, -0.15) is 0 Å². The van der Waals surface area contributed by atoms with Crippen molar-refractivity contribution in [2.75, 3.05) is 5.32 Å². The molecule has 0 saturated heterocycles. The molecule has 4 rings (SSSR count). The van der Waals surface area contributed by atoms with Gasteiger partial charge in [-0.05, 0) is 54.1 Å². The summed E-state index contributed by atoms with van der Waals surface area (Å²) in [6.45, 7) is 0. The summed E-state index contributed by atoms with van der Waals surface area (Å²) in [4.78, 5) is 16.6. The zero-order chi connectivity index (χ0) is 19.5. The fourth-order valence-corrected chi connectivity index (χ4v) is 3.57. The predicted molar refractivity (Wildman–Crippen MR) is 115 cm³/mol. The van der Waals surface area contributed by atoms with E-state index in [1.54, 1.807) is 36.5 Å². The minimum atomic E-state index is -0.354. The van der Waals surface area contributed by atoms with Crippen LogP contribution in [0.5, 0.6) is 0 Å². The molecule has 0 unspecified atom stereocenters. The summed E-state index contributed by atoms with van der Waals surface area (Å²) < 4.78 is 0. The van der Waals surface area contributed by atoms with Gasteiger partial charge in [-0.15, -0.1) is 10.2 Å². The molecule has 1 N–H and O–H groups in total. The predicted octanol–water partition coefficient (Wildman–Crippen LogP) is 5.73. The van der Waals surface area contributed by atoms with Gasteiger partial charge >= 0.3 is 0 Å². The average Bonchev–Trinajstić information content (AvgIpc) is 3.20. The van der Waals surface area contributed by atoms with Gasteiger partial charge in [-0.1, -0.05) is 46.7 Å². The van der Waals surface area contributed by atoms with Crippen molar-refractivity contribution in [1.29, 1.82) is 0 Å². The summed E-state index contributed by atoms with van der Waals surface area (Å²) in [5.74, 6) is -0.354. The van der Waals surface area contributed by atoms with E-state index in [-0.39, 0.29) is 10.9 Å². The normalized spacial score (nSPS) is 11.6. The molecule has 0 aliphatic carbocycles. The molecule has 0 spiro atoms. The highest BCUT2D eigenvalue weighted by molar-refractivity contribution is 7.15. The van der Waals surface area contributed by atoms with E-state index in [9.17, 15) is 4.79 Å². The van der Waals surface area contributed by atoms with E-state index in [1.807, 2.05) is 30.3 Å². The third-order valence-corrected chi connectivity index (χ3v) is 5.45. The third-order valence-electron chi connectivity index (χ3n) is 3.85. The maximum Gasteiger partial charge on any atom is 0.286 e. The van der Waals surface area contributed by atoms with Crippen molar-refractivity contribution < 1.29 is 4.79 Å². The van der Waals surface area contributed by atoms with Crippen molar-refractivity contribution in [2.24, 2.45) is 0 Å². The number of halogens is 2. The number of nitrogens with zero attached hydrogens (tertiary/aromatic N) is 3. The van der Waals surface area contributed by atoms with Gasteiger partial charge in [0.2, 0.25) is 5.01 Å². The first-order valence-electron chi connectivity index (χ1n) is 8.21. The monoisotopic (exact) mass is 426 g/mol. The fraction of sp³-hybridized carbons (Fsp3) is 0. The first-order valence-corrected chi connectivity index (χ1v) is 9.78. The standard InChI is InChI=1S/C20H12Cl2N4OS/c21-14-4-6-15(7-5-14)24-18(27)20-26-25-19(28-20)16(22)11-12-3-8-17-13(10-12)2-1-9-23-17/h1-11H,(H,24,27)/b16-11+. The lowest BCUT2D eigenvalue weighted by molar-refractivity contribution is 0.102. The maximum atomic E-state index is 12.3. The number of fused-ring (bicyclic) bond motifs is 1. The van der Waals surface area contributed by atoms with Crippen molar-refractivity contribution in [3.8, 4) is 0 Å². The SMILES string of the molecule is O=C(Nc1ccc(Cl)cc1)c1nnc(/C(Cl)=C\c2ccc3ncccc3c2)s1. The highest BCUT2D eigenvalue weighted by Crippen LogP contribution is 2.27. The van der Waals surface area contributed by atoms with Crippen molar-refractivity contribution >= 4 is 68.1 Å². The van der Waals surface area contributed by atoms with Crippen LogP contribution in [-0.4, -0.2) is 21.1 Å². The Hall–Kier alpha value is -2.80. The minimum absolute atomic E-state index is 0.221. The topological polar surface area (TPSA) is 67.8 Å². The van der Waals surface area contributed by atoms with E-state index in [4.69, 9.17) is 23.2 Å². The van der Waals surface area contributed by atoms with E-state index >= 15 is 0 Å². The molecule has 1 amide bonds. The van der Waals surface area contributed by atoms with Crippen LogP contribution >= 0.6 is 34.5 Å². The Morgan fingerprint density at radius 1 is 1.04 bits per heavy atom. The molecule has 2 aromatic carbocycles. The molecule has 0 aliphatic rings. The Bertz CT molecular complexity index is 1190. The quantitative estimate of drug-likeness (QED) is 0.452. The number of carbonyl (C=O) groups is 1. The van der Waals surface area contributed by atoms with Gasteiger partial charge in [0.15, 0.2) is 5.01 Å². The molecule has 0 aliphatic heterocycles. The first-order chi connectivity index (χ1) is 13.6. The van der Waals surface area contributed by atoms with E-state index in [1.165, 1.54) is 0 Å². The van der Waals surface area contributed by atoms with Crippen LogP contribution < -0.4 is 5.32 Å². The van der Waals surface area contributed by atoms with Gasteiger partial charge in [-0.25, -0.2) is 0 Å². The highest BCUT2D eigenvalue weighted by atomic mass is 35.5. The lowest BCUT2D eigenvalue weighted by Crippen LogP contribution is -2.11. The van der Waals surface area contributed by atoms with Gasteiger partial charge in [0.1, 0.15) is 0 Å². The molecule has 28 heavy (non-hydrogen) atoms. The van der Waals surface area contributed by atoms with Crippen LogP contribution in [-0.2, 0) is 0 Å². The second-order valence-electron chi connectivity index (χ2n) is 5.82. The average molecular weight is 427 g/mol. The molecule has 0 atom stereocenters. The zero-order valence-electron chi connectivity index (χ0n) is 14.3. The third kappa shape index (κ3) is 4.20. The number of anilines is 1. The van der Waals surface area contributed by atoms with Crippen LogP contribution in [0.25, 0.3) is 22.0 Å². The Labute approximate surface area is 174 Å². The molecule has 0 saturated carbocycles. The Kier molecular flexibility index (Phi) is 5.34. The first kappa shape index (κ1) is 18.6. The zero-order valence-corrected chi connectivity index (χ0v) is 16.6. The van der Waals surface area contributed by atoms with Gasteiger partial charge in [0, 0.05) is 22.3 Å². The number of rotatable bonds is 4. The Balaban J connectivity index is 1.52. The van der Waals surface area contributed by atoms with Crippen molar-refractivity contribution in [1.82, 2.24) is 15.2 Å². The van der Waals surface area contributed by atoms with E-state index in [0.717, 1.165) is 27.8 Å². The Morgan fingerprint density at radius 3 is 2.64 bits per heavy atom. The summed E-state index contributed by atoms with van der Waals surface area (Å²) >= 11 is 13.4. The second kappa shape index (κ2) is 8.06. The van der Waals surface area contributed by atoms with Crippen molar-refractivity contribution in [2.45, 2.75) is 0 Å². The molecule has 5 nitrogen and oxygen atoms in total. The number of hydrogen-bond donors (Lipinski definition) is 1. The second-order valence-corrected chi connectivity index (χ2v) is 7.64. The number of aromatic nitrogens is 3. The molecule has 0 fully saturated rings. The van der Waals surface area contributed by atoms with Crippen LogP contribution in [0.1, 0.15) is 20.4 Å². The number of carbonyl (C=O) groups excluding carboxylic acids is 1. The van der Waals surface area contributed by atoms with E-state index in [2.05, 4.69) is 20.5 Å². The smallest absolute Gasteiger partial charge is 0.286 e. The van der Waals surface area contributed by atoms with Crippen LogP contribution in [0.15, 0.2) is 60.8 Å². The number of hydrogen-bond acceptors (Lipinski definition) is 5. The fourth-order valence-electron chi connectivity index (χ4n) is 2.52. The van der Waals surface area contributed by atoms with Crippen LogP contribution in [0.4, 0.5) is 5.69 Å². The lowest BCUT2D eigenvalue weighted by Gasteiger charge is -2.01. The number of amides is 1. The largest absolute Gasteiger partial charge is 0.320 e. The van der Waals surface area contributed by atoms with Gasteiger partial charge in [0.25, 0.3) is 5.91 Å². The van der Waals surface area contributed by atoms with E-state index < -0.39 is 0 Å². The molecule has 2 heterocycles. The molecule has 0 bridgehead atoms. The summed E-state index contributed by atoms with van der Waals surface area (Å²) in [5.41, 5.74) is 2.44. The molecular weight excluding hydrogens is 415 g/mol. The number of benzene rings is 2. The van der Waals surface area contributed by atoms with Gasteiger partial charge in [-0.3, -0.25) is 9.78 Å². The molecule has 0 radical (unpaired) electrons. The van der Waals surface area contributed by atoms with E-state index in [0.29, 0.717) is 20.7 Å². The van der Waals surface area contributed by atoms with Crippen molar-refractivity contribution in [3.05, 3.63) is 81.4 Å². The maximum absolute atomic E-state index is 12.3. The number of nitrogens with one attached hydrogen (secondary N) is 1.